The molecule has 0 saturated carbocycles. The van der Waals surface area contributed by atoms with Gasteiger partial charge >= 0.3 is 0 Å². The van der Waals surface area contributed by atoms with Crippen molar-refractivity contribution in [3.8, 4) is 17.2 Å². The molecule has 2 aliphatic rings. The lowest BCUT2D eigenvalue weighted by molar-refractivity contribution is -0.123. The maximum atomic E-state index is 12.3. The van der Waals surface area contributed by atoms with E-state index in [9.17, 15) is 14.7 Å². The molecule has 2 heterocycles. The van der Waals surface area contributed by atoms with E-state index in [4.69, 9.17) is 9.47 Å². The summed E-state index contributed by atoms with van der Waals surface area (Å²) in [5, 5.41) is 13.2. The molecule has 0 bridgehead atoms. The second-order valence-corrected chi connectivity index (χ2v) is 9.91. The van der Waals surface area contributed by atoms with E-state index < -0.39 is 5.60 Å². The van der Waals surface area contributed by atoms with Gasteiger partial charge in [0.15, 0.2) is 12.4 Å². The van der Waals surface area contributed by atoms with E-state index in [1.807, 2.05) is 19.9 Å². The number of ketones is 1. The van der Waals surface area contributed by atoms with Gasteiger partial charge in [0.1, 0.15) is 28.4 Å². The summed E-state index contributed by atoms with van der Waals surface area (Å²) in [5.41, 5.74) is 0.873. The zero-order chi connectivity index (χ0) is 24.1. The van der Waals surface area contributed by atoms with Gasteiger partial charge < -0.3 is 19.9 Å². The van der Waals surface area contributed by atoms with Crippen molar-refractivity contribution in [2.24, 2.45) is 5.92 Å². The van der Waals surface area contributed by atoms with Gasteiger partial charge in [-0.2, -0.15) is 0 Å². The van der Waals surface area contributed by atoms with Gasteiger partial charge in [-0.05, 0) is 57.7 Å². The van der Waals surface area contributed by atoms with Crippen LogP contribution in [-0.2, 0) is 11.3 Å². The summed E-state index contributed by atoms with van der Waals surface area (Å²) in [5.74, 6) is 0.629. The number of phenolic OH excluding ortho intramolecular Hbond substituents is 1. The highest BCUT2D eigenvalue weighted by Gasteiger charge is 2.35. The van der Waals surface area contributed by atoms with Crippen molar-refractivity contribution >= 4 is 11.7 Å². The number of fused-ring (bicyclic) bond motifs is 1. The minimum Gasteiger partial charge on any atom is -0.507 e. The molecule has 1 fully saturated rings. The quantitative estimate of drug-likeness (QED) is 0.613. The van der Waals surface area contributed by atoms with Gasteiger partial charge in [-0.15, -0.1) is 0 Å². The van der Waals surface area contributed by atoms with Crippen LogP contribution < -0.4 is 14.8 Å². The van der Waals surface area contributed by atoms with Gasteiger partial charge in [-0.3, -0.25) is 14.5 Å². The van der Waals surface area contributed by atoms with Gasteiger partial charge in [0.05, 0.1) is 6.42 Å². The molecular weight excluding hydrogens is 432 g/mol. The first kappa shape index (κ1) is 24.1. The summed E-state index contributed by atoms with van der Waals surface area (Å²) in [6.45, 7) is 7.26. The lowest BCUT2D eigenvalue weighted by atomic mass is 9.92. The van der Waals surface area contributed by atoms with Gasteiger partial charge in [0.2, 0.25) is 0 Å². The second-order valence-electron chi connectivity index (χ2n) is 9.91. The number of nitrogens with one attached hydrogen (secondary N) is 1. The van der Waals surface area contributed by atoms with Crippen molar-refractivity contribution in [2.75, 3.05) is 26.2 Å². The molecule has 0 aliphatic carbocycles. The van der Waals surface area contributed by atoms with E-state index in [-0.39, 0.29) is 41.8 Å². The van der Waals surface area contributed by atoms with Crippen molar-refractivity contribution < 1.29 is 24.2 Å². The van der Waals surface area contributed by atoms with Crippen molar-refractivity contribution in [3.63, 3.8) is 0 Å². The fourth-order valence-corrected chi connectivity index (χ4v) is 4.72. The average molecular weight is 467 g/mol. The SMILES string of the molecule is CC1(C)CC(=O)c2c(O)cc(OCC(=O)NCCC3CCN(Cc4ccccc4)CC3)cc2O1. The van der Waals surface area contributed by atoms with Crippen LogP contribution in [0.2, 0.25) is 0 Å². The highest BCUT2D eigenvalue weighted by Crippen LogP contribution is 2.40. The van der Waals surface area contributed by atoms with Crippen LogP contribution in [0.15, 0.2) is 42.5 Å². The Balaban J connectivity index is 1.17. The number of carbonyl (C=O) groups is 2. The molecule has 1 saturated heterocycles. The van der Waals surface area contributed by atoms with Crippen LogP contribution in [0.25, 0.3) is 0 Å². The summed E-state index contributed by atoms with van der Waals surface area (Å²) in [6, 6.07) is 13.5. The minimum absolute atomic E-state index is 0.162. The number of piperidine rings is 1. The van der Waals surface area contributed by atoms with E-state index in [0.29, 0.717) is 18.2 Å². The molecule has 2 N–H and O–H groups in total. The molecule has 0 radical (unpaired) electrons. The van der Waals surface area contributed by atoms with Gasteiger partial charge in [0, 0.05) is 25.2 Å². The molecule has 2 aromatic rings. The Bertz CT molecular complexity index is 1010. The van der Waals surface area contributed by atoms with Crippen LogP contribution in [0, 0.1) is 5.92 Å². The number of carbonyl (C=O) groups excluding carboxylic acids is 2. The molecule has 0 unspecified atom stereocenters. The number of aromatic hydroxyl groups is 1. The van der Waals surface area contributed by atoms with E-state index in [1.165, 1.54) is 11.6 Å². The molecule has 34 heavy (non-hydrogen) atoms. The molecule has 1 amide bonds. The number of hydrogen-bond acceptors (Lipinski definition) is 6. The van der Waals surface area contributed by atoms with Gasteiger partial charge in [-0.1, -0.05) is 30.3 Å². The highest BCUT2D eigenvalue weighted by molar-refractivity contribution is 6.03. The third kappa shape index (κ3) is 6.29. The number of benzene rings is 2. The number of nitrogens with zero attached hydrogens (tertiary/aromatic N) is 1. The third-order valence-electron chi connectivity index (χ3n) is 6.51. The normalized spacial score (nSPS) is 18.1. The lowest BCUT2D eigenvalue weighted by Crippen LogP contribution is -2.36. The lowest BCUT2D eigenvalue weighted by Gasteiger charge is -2.32. The summed E-state index contributed by atoms with van der Waals surface area (Å²) < 4.78 is 11.4. The number of ether oxygens (including phenoxy) is 2. The van der Waals surface area contributed by atoms with Crippen molar-refractivity contribution in [1.29, 1.82) is 0 Å². The first-order valence-electron chi connectivity index (χ1n) is 12.0. The van der Waals surface area contributed by atoms with E-state index >= 15 is 0 Å². The Morgan fingerprint density at radius 1 is 1.21 bits per heavy atom. The number of hydrogen-bond donors (Lipinski definition) is 2. The molecule has 4 rings (SSSR count). The molecule has 2 aromatic carbocycles. The number of likely N-dealkylation sites (tertiary alicyclic amines) is 1. The van der Waals surface area contributed by atoms with E-state index in [0.717, 1.165) is 38.9 Å². The zero-order valence-electron chi connectivity index (χ0n) is 20.0. The molecular formula is C27H34N2O5. The Labute approximate surface area is 201 Å². The zero-order valence-corrected chi connectivity index (χ0v) is 20.0. The van der Waals surface area contributed by atoms with Crippen molar-refractivity contribution in [1.82, 2.24) is 10.2 Å². The Morgan fingerprint density at radius 3 is 2.68 bits per heavy atom. The van der Waals surface area contributed by atoms with Crippen LogP contribution >= 0.6 is 0 Å². The third-order valence-corrected chi connectivity index (χ3v) is 6.51. The number of rotatable bonds is 8. The fraction of sp³-hybridized carbons (Fsp3) is 0.481. The number of Topliss-reactive ketones (excluding diaryl/α,β-unsaturated/α-hetero) is 1. The first-order valence-corrected chi connectivity index (χ1v) is 12.0. The maximum absolute atomic E-state index is 12.3. The summed E-state index contributed by atoms with van der Waals surface area (Å²) in [7, 11) is 0. The summed E-state index contributed by atoms with van der Waals surface area (Å²) >= 11 is 0. The Morgan fingerprint density at radius 2 is 1.94 bits per heavy atom. The number of amides is 1. The highest BCUT2D eigenvalue weighted by atomic mass is 16.5. The Hall–Kier alpha value is -3.06. The molecule has 0 aromatic heterocycles. The largest absolute Gasteiger partial charge is 0.507 e. The minimum atomic E-state index is -0.649. The van der Waals surface area contributed by atoms with Crippen LogP contribution in [0.1, 0.15) is 55.5 Å². The average Bonchev–Trinajstić information content (AvgIpc) is 2.78. The van der Waals surface area contributed by atoms with Crippen LogP contribution in [0.5, 0.6) is 17.2 Å². The van der Waals surface area contributed by atoms with Crippen LogP contribution in [0.3, 0.4) is 0 Å². The van der Waals surface area contributed by atoms with E-state index in [1.54, 1.807) is 6.07 Å². The fourth-order valence-electron chi connectivity index (χ4n) is 4.72. The maximum Gasteiger partial charge on any atom is 0.257 e. The van der Waals surface area contributed by atoms with Crippen LogP contribution in [0.4, 0.5) is 0 Å². The van der Waals surface area contributed by atoms with Gasteiger partial charge in [-0.25, -0.2) is 0 Å². The Kier molecular flexibility index (Phi) is 7.41. The topological polar surface area (TPSA) is 88.1 Å². The first-order chi connectivity index (χ1) is 16.3. The summed E-state index contributed by atoms with van der Waals surface area (Å²) in [6.07, 6.45) is 3.43. The van der Waals surface area contributed by atoms with E-state index in [2.05, 4.69) is 34.5 Å². The predicted octanol–water partition coefficient (Wildman–Crippen LogP) is 3.93. The second kappa shape index (κ2) is 10.5. The number of phenols is 1. The van der Waals surface area contributed by atoms with Crippen molar-refractivity contribution in [2.45, 2.75) is 51.7 Å². The molecule has 0 spiro atoms. The molecule has 7 nitrogen and oxygen atoms in total. The van der Waals surface area contributed by atoms with Crippen molar-refractivity contribution in [3.05, 3.63) is 53.6 Å². The molecule has 182 valence electrons. The summed E-state index contributed by atoms with van der Waals surface area (Å²) in [4.78, 5) is 27.0. The van der Waals surface area contributed by atoms with Gasteiger partial charge in [0.25, 0.3) is 5.91 Å². The molecule has 0 atom stereocenters. The molecule has 7 heteroatoms. The standard InChI is InChI=1S/C27H34N2O5/c1-27(2)16-23(31)26-22(30)14-21(15-24(26)34-27)33-18-25(32)28-11-8-19-9-12-29(13-10-19)17-20-6-4-3-5-7-20/h3-7,14-15,19,30H,8-13,16-18H2,1-2H3,(H,28,32). The monoisotopic (exact) mass is 466 g/mol. The molecule has 2 aliphatic heterocycles. The van der Waals surface area contributed by atoms with Crippen LogP contribution in [-0.4, -0.2) is 53.5 Å². The smallest absolute Gasteiger partial charge is 0.257 e. The predicted molar refractivity (Wildman–Crippen MR) is 129 cm³/mol.